The molecule has 7 heteroatoms. The van der Waals surface area contributed by atoms with Gasteiger partial charge in [-0.15, -0.1) is 0 Å². The molecule has 1 unspecified atom stereocenters. The molecule has 0 aromatic carbocycles. The molecule has 0 aliphatic carbocycles. The van der Waals surface area contributed by atoms with Crippen LogP contribution in [0.1, 0.15) is 28.7 Å². The van der Waals surface area contributed by atoms with Gasteiger partial charge >= 0.3 is 5.97 Å². The highest BCUT2D eigenvalue weighted by molar-refractivity contribution is 7.17. The summed E-state index contributed by atoms with van der Waals surface area (Å²) in [5.74, 6) is -0.364. The summed E-state index contributed by atoms with van der Waals surface area (Å²) in [6.45, 7) is 5.04. The molecule has 1 aromatic rings. The van der Waals surface area contributed by atoms with E-state index in [1.807, 2.05) is 11.8 Å². The molecule has 1 aliphatic rings. The predicted molar refractivity (Wildman–Crippen MR) is 72.6 cm³/mol. The van der Waals surface area contributed by atoms with Crippen LogP contribution < -0.4 is 10.2 Å². The molecule has 0 radical (unpaired) electrons. The number of anilines is 1. The molecule has 1 fully saturated rings. The Morgan fingerprint density at radius 1 is 1.63 bits per heavy atom. The van der Waals surface area contributed by atoms with Gasteiger partial charge in [0.2, 0.25) is 5.91 Å². The van der Waals surface area contributed by atoms with Crippen molar-refractivity contribution in [2.24, 2.45) is 0 Å². The molecule has 2 rings (SSSR count). The van der Waals surface area contributed by atoms with Gasteiger partial charge < -0.3 is 15.0 Å². The van der Waals surface area contributed by atoms with Crippen LogP contribution in [0, 0.1) is 6.92 Å². The highest BCUT2D eigenvalue weighted by atomic mass is 32.1. The zero-order valence-corrected chi connectivity index (χ0v) is 12.0. The SMILES string of the molecule is CCC1C(=O)NCCN1c1nc(C)c(C(=O)OC)s1. The fraction of sp³-hybridized carbons (Fsp3) is 0.583. The van der Waals surface area contributed by atoms with Crippen LogP contribution in [0.3, 0.4) is 0 Å². The molecule has 1 amide bonds. The van der Waals surface area contributed by atoms with Crippen molar-refractivity contribution in [1.82, 2.24) is 10.3 Å². The summed E-state index contributed by atoms with van der Waals surface area (Å²) in [7, 11) is 1.35. The van der Waals surface area contributed by atoms with E-state index in [1.54, 1.807) is 6.92 Å². The molecule has 19 heavy (non-hydrogen) atoms. The van der Waals surface area contributed by atoms with Crippen molar-refractivity contribution >= 4 is 28.3 Å². The maximum atomic E-state index is 11.8. The number of hydrogen-bond donors (Lipinski definition) is 1. The third-order valence-electron chi connectivity index (χ3n) is 3.12. The van der Waals surface area contributed by atoms with Gasteiger partial charge in [0, 0.05) is 13.1 Å². The lowest BCUT2D eigenvalue weighted by Crippen LogP contribution is -2.55. The number of thiazole rings is 1. The minimum Gasteiger partial charge on any atom is -0.465 e. The molecular weight excluding hydrogens is 266 g/mol. The molecule has 1 aromatic heterocycles. The lowest BCUT2D eigenvalue weighted by Gasteiger charge is -2.34. The topological polar surface area (TPSA) is 71.5 Å². The number of aromatic nitrogens is 1. The highest BCUT2D eigenvalue weighted by Gasteiger charge is 2.31. The fourth-order valence-corrected chi connectivity index (χ4v) is 3.20. The Kier molecular flexibility index (Phi) is 4.04. The maximum Gasteiger partial charge on any atom is 0.350 e. The smallest absolute Gasteiger partial charge is 0.350 e. The minimum absolute atomic E-state index is 0.0150. The van der Waals surface area contributed by atoms with Crippen LogP contribution in [0.15, 0.2) is 0 Å². The van der Waals surface area contributed by atoms with E-state index in [1.165, 1.54) is 18.4 Å². The first kappa shape index (κ1) is 13.8. The van der Waals surface area contributed by atoms with Gasteiger partial charge in [-0.2, -0.15) is 0 Å². The number of esters is 1. The van der Waals surface area contributed by atoms with Crippen molar-refractivity contribution in [3.63, 3.8) is 0 Å². The minimum atomic E-state index is -0.379. The largest absolute Gasteiger partial charge is 0.465 e. The second-order valence-corrected chi connectivity index (χ2v) is 5.29. The van der Waals surface area contributed by atoms with Crippen LogP contribution in [0.2, 0.25) is 0 Å². The van der Waals surface area contributed by atoms with E-state index >= 15 is 0 Å². The number of amides is 1. The Hall–Kier alpha value is -1.63. The third-order valence-corrected chi connectivity index (χ3v) is 4.29. The van der Waals surface area contributed by atoms with E-state index in [2.05, 4.69) is 10.3 Å². The lowest BCUT2D eigenvalue weighted by atomic mass is 10.1. The lowest BCUT2D eigenvalue weighted by molar-refractivity contribution is -0.123. The maximum absolute atomic E-state index is 11.8. The number of ether oxygens (including phenoxy) is 1. The average molecular weight is 283 g/mol. The van der Waals surface area contributed by atoms with E-state index in [9.17, 15) is 9.59 Å². The van der Waals surface area contributed by atoms with Crippen molar-refractivity contribution in [2.45, 2.75) is 26.3 Å². The molecule has 1 N–H and O–H groups in total. The summed E-state index contributed by atoms with van der Waals surface area (Å²) in [6.07, 6.45) is 0.706. The van der Waals surface area contributed by atoms with Crippen LogP contribution in [-0.2, 0) is 9.53 Å². The summed E-state index contributed by atoms with van der Waals surface area (Å²) in [4.78, 5) is 30.3. The number of piperazine rings is 1. The van der Waals surface area contributed by atoms with Crippen molar-refractivity contribution in [3.05, 3.63) is 10.6 Å². The van der Waals surface area contributed by atoms with Crippen molar-refractivity contribution in [3.8, 4) is 0 Å². The van der Waals surface area contributed by atoms with Crippen LogP contribution >= 0.6 is 11.3 Å². The second kappa shape index (κ2) is 5.56. The van der Waals surface area contributed by atoms with Gasteiger partial charge in [0.1, 0.15) is 10.9 Å². The van der Waals surface area contributed by atoms with E-state index in [4.69, 9.17) is 4.74 Å². The van der Waals surface area contributed by atoms with E-state index in [0.717, 1.165) is 0 Å². The number of nitrogens with zero attached hydrogens (tertiary/aromatic N) is 2. The Morgan fingerprint density at radius 3 is 3.00 bits per heavy atom. The highest BCUT2D eigenvalue weighted by Crippen LogP contribution is 2.29. The molecule has 1 atom stereocenters. The van der Waals surface area contributed by atoms with Crippen LogP contribution in [0.4, 0.5) is 5.13 Å². The standard InChI is InChI=1S/C12H17N3O3S/c1-4-8-10(16)13-5-6-15(8)12-14-7(2)9(19-12)11(17)18-3/h8H,4-6H2,1-3H3,(H,13,16). The van der Waals surface area contributed by atoms with Gasteiger partial charge in [-0.25, -0.2) is 9.78 Å². The van der Waals surface area contributed by atoms with Crippen LogP contribution in [-0.4, -0.2) is 43.1 Å². The quantitative estimate of drug-likeness (QED) is 0.836. The van der Waals surface area contributed by atoms with E-state index in [0.29, 0.717) is 35.2 Å². The van der Waals surface area contributed by atoms with Gasteiger partial charge in [-0.1, -0.05) is 18.3 Å². The molecule has 6 nitrogen and oxygen atoms in total. The first-order valence-corrected chi connectivity index (χ1v) is 7.00. The van der Waals surface area contributed by atoms with Gasteiger partial charge in [-0.05, 0) is 13.3 Å². The fourth-order valence-electron chi connectivity index (χ4n) is 2.14. The van der Waals surface area contributed by atoms with Gasteiger partial charge in [0.15, 0.2) is 5.13 Å². The first-order chi connectivity index (χ1) is 9.08. The molecule has 1 saturated heterocycles. The Morgan fingerprint density at radius 2 is 2.37 bits per heavy atom. The van der Waals surface area contributed by atoms with Crippen molar-refractivity contribution in [2.75, 3.05) is 25.1 Å². The number of hydrogen-bond acceptors (Lipinski definition) is 6. The average Bonchev–Trinajstić information content (AvgIpc) is 2.79. The first-order valence-electron chi connectivity index (χ1n) is 6.18. The summed E-state index contributed by atoms with van der Waals surface area (Å²) in [5, 5.41) is 3.55. The van der Waals surface area contributed by atoms with Crippen LogP contribution in [0.25, 0.3) is 0 Å². The van der Waals surface area contributed by atoms with Crippen molar-refractivity contribution in [1.29, 1.82) is 0 Å². The zero-order valence-electron chi connectivity index (χ0n) is 11.2. The molecule has 0 saturated carbocycles. The zero-order chi connectivity index (χ0) is 14.0. The number of nitrogens with one attached hydrogen (secondary N) is 1. The summed E-state index contributed by atoms with van der Waals surface area (Å²) >= 11 is 1.28. The van der Waals surface area contributed by atoms with Crippen LogP contribution in [0.5, 0.6) is 0 Å². The Labute approximate surface area is 115 Å². The number of carbonyl (C=O) groups excluding carboxylic acids is 2. The number of carbonyl (C=O) groups is 2. The van der Waals surface area contributed by atoms with Gasteiger partial charge in [0.05, 0.1) is 12.8 Å². The number of rotatable bonds is 3. The molecule has 1 aliphatic heterocycles. The monoisotopic (exact) mass is 283 g/mol. The van der Waals surface area contributed by atoms with E-state index in [-0.39, 0.29) is 17.9 Å². The Balaban J connectivity index is 2.30. The van der Waals surface area contributed by atoms with Crippen molar-refractivity contribution < 1.29 is 14.3 Å². The number of methoxy groups -OCH3 is 1. The summed E-state index contributed by atoms with van der Waals surface area (Å²) in [5.41, 5.74) is 0.646. The normalized spacial score (nSPS) is 19.2. The van der Waals surface area contributed by atoms with Gasteiger partial charge in [-0.3, -0.25) is 4.79 Å². The second-order valence-electron chi connectivity index (χ2n) is 4.31. The molecule has 0 bridgehead atoms. The van der Waals surface area contributed by atoms with Gasteiger partial charge in [0.25, 0.3) is 0 Å². The molecule has 104 valence electrons. The Bertz CT molecular complexity index is 500. The number of aryl methyl sites for hydroxylation is 1. The molecule has 2 heterocycles. The summed E-state index contributed by atoms with van der Waals surface area (Å²) in [6, 6.07) is -0.218. The molecular formula is C12H17N3O3S. The predicted octanol–water partition coefficient (Wildman–Crippen LogP) is 0.953. The third kappa shape index (κ3) is 2.56. The summed E-state index contributed by atoms with van der Waals surface area (Å²) < 4.78 is 4.73. The van der Waals surface area contributed by atoms with E-state index < -0.39 is 0 Å². The molecule has 0 spiro atoms.